The SMILES string of the molecule is CC(NC(=O)/C(C#N)=C\NCCCc1ccccc1)c1ccccc1. The van der Waals surface area contributed by atoms with Gasteiger partial charge in [-0.05, 0) is 30.9 Å². The van der Waals surface area contributed by atoms with Crippen LogP contribution in [0.15, 0.2) is 72.4 Å². The summed E-state index contributed by atoms with van der Waals surface area (Å²) in [5, 5.41) is 15.1. The van der Waals surface area contributed by atoms with Crippen LogP contribution in [0.4, 0.5) is 0 Å². The Morgan fingerprint density at radius 2 is 1.76 bits per heavy atom. The van der Waals surface area contributed by atoms with E-state index in [4.69, 9.17) is 0 Å². The Morgan fingerprint density at radius 3 is 2.40 bits per heavy atom. The first-order valence-corrected chi connectivity index (χ1v) is 8.44. The number of hydrogen-bond acceptors (Lipinski definition) is 3. The van der Waals surface area contributed by atoms with Crippen molar-refractivity contribution >= 4 is 5.91 Å². The van der Waals surface area contributed by atoms with Gasteiger partial charge in [0, 0.05) is 12.7 Å². The molecule has 0 bridgehead atoms. The van der Waals surface area contributed by atoms with Gasteiger partial charge in [-0.2, -0.15) is 5.26 Å². The summed E-state index contributed by atoms with van der Waals surface area (Å²) in [4.78, 5) is 12.2. The molecule has 0 saturated carbocycles. The van der Waals surface area contributed by atoms with Crippen molar-refractivity contribution in [2.45, 2.75) is 25.8 Å². The fraction of sp³-hybridized carbons (Fsp3) is 0.238. The number of carbonyl (C=O) groups excluding carboxylic acids is 1. The summed E-state index contributed by atoms with van der Waals surface area (Å²) >= 11 is 0. The topological polar surface area (TPSA) is 64.9 Å². The first-order valence-electron chi connectivity index (χ1n) is 8.44. The van der Waals surface area contributed by atoms with Crippen molar-refractivity contribution in [1.29, 1.82) is 5.26 Å². The van der Waals surface area contributed by atoms with Crippen LogP contribution >= 0.6 is 0 Å². The molecule has 0 aliphatic rings. The van der Waals surface area contributed by atoms with Crippen LogP contribution < -0.4 is 10.6 Å². The van der Waals surface area contributed by atoms with Crippen LogP contribution in [0.3, 0.4) is 0 Å². The van der Waals surface area contributed by atoms with E-state index in [1.165, 1.54) is 11.8 Å². The minimum Gasteiger partial charge on any atom is -0.390 e. The van der Waals surface area contributed by atoms with Crippen molar-refractivity contribution in [2.24, 2.45) is 0 Å². The van der Waals surface area contributed by atoms with E-state index in [1.807, 2.05) is 61.5 Å². The highest BCUT2D eigenvalue weighted by atomic mass is 16.1. The number of nitrogens with zero attached hydrogens (tertiary/aromatic N) is 1. The zero-order chi connectivity index (χ0) is 17.9. The molecule has 4 nitrogen and oxygen atoms in total. The number of carbonyl (C=O) groups is 1. The zero-order valence-corrected chi connectivity index (χ0v) is 14.4. The van der Waals surface area contributed by atoms with Gasteiger partial charge >= 0.3 is 0 Å². The molecule has 0 heterocycles. The number of benzene rings is 2. The van der Waals surface area contributed by atoms with E-state index in [9.17, 15) is 10.1 Å². The normalized spacial score (nSPS) is 12.1. The first kappa shape index (κ1) is 18.3. The van der Waals surface area contributed by atoms with E-state index in [1.54, 1.807) is 0 Å². The van der Waals surface area contributed by atoms with Gasteiger partial charge in [0.25, 0.3) is 5.91 Å². The Kier molecular flexibility index (Phi) is 7.27. The summed E-state index contributed by atoms with van der Waals surface area (Å²) in [7, 11) is 0. The van der Waals surface area contributed by atoms with Gasteiger partial charge in [-0.15, -0.1) is 0 Å². The second kappa shape index (κ2) is 9.94. The molecule has 0 aromatic heterocycles. The molecule has 1 atom stereocenters. The number of rotatable bonds is 8. The Balaban J connectivity index is 1.79. The molecule has 4 heteroatoms. The third kappa shape index (κ3) is 6.15. The van der Waals surface area contributed by atoms with Crippen molar-refractivity contribution in [2.75, 3.05) is 6.54 Å². The Labute approximate surface area is 149 Å². The monoisotopic (exact) mass is 333 g/mol. The molecule has 0 spiro atoms. The molecule has 2 aromatic carbocycles. The third-order valence-corrected chi connectivity index (χ3v) is 3.89. The predicted octanol–water partition coefficient (Wildman–Crippen LogP) is 3.49. The highest BCUT2D eigenvalue weighted by Crippen LogP contribution is 2.11. The average molecular weight is 333 g/mol. The van der Waals surface area contributed by atoms with E-state index in [0.29, 0.717) is 6.54 Å². The molecule has 25 heavy (non-hydrogen) atoms. The lowest BCUT2D eigenvalue weighted by Crippen LogP contribution is -2.28. The summed E-state index contributed by atoms with van der Waals surface area (Å²) in [5.41, 5.74) is 2.37. The average Bonchev–Trinajstić information content (AvgIpc) is 2.66. The van der Waals surface area contributed by atoms with Gasteiger partial charge in [-0.25, -0.2) is 0 Å². The van der Waals surface area contributed by atoms with Gasteiger partial charge in [0.2, 0.25) is 0 Å². The largest absolute Gasteiger partial charge is 0.390 e. The second-order valence-corrected chi connectivity index (χ2v) is 5.82. The van der Waals surface area contributed by atoms with Crippen LogP contribution in [0.1, 0.15) is 30.5 Å². The summed E-state index contributed by atoms with van der Waals surface area (Å²) in [6.07, 6.45) is 3.39. The lowest BCUT2D eigenvalue weighted by atomic mass is 10.1. The number of hydrogen-bond donors (Lipinski definition) is 2. The molecule has 0 saturated heterocycles. The summed E-state index contributed by atoms with van der Waals surface area (Å²) in [6, 6.07) is 21.7. The molecule has 1 unspecified atom stereocenters. The standard InChI is InChI=1S/C21H23N3O/c1-17(19-12-6-3-7-13-19)24-21(25)20(15-22)16-23-14-8-11-18-9-4-2-5-10-18/h2-7,9-10,12-13,16-17,23H,8,11,14H2,1H3,(H,24,25)/b20-16-. The predicted molar refractivity (Wildman–Crippen MR) is 99.5 cm³/mol. The van der Waals surface area contributed by atoms with Gasteiger partial charge < -0.3 is 10.6 Å². The van der Waals surface area contributed by atoms with Crippen LogP contribution in [0.2, 0.25) is 0 Å². The molecule has 0 radical (unpaired) electrons. The van der Waals surface area contributed by atoms with Crippen molar-refractivity contribution in [3.63, 3.8) is 0 Å². The van der Waals surface area contributed by atoms with Gasteiger partial charge in [0.1, 0.15) is 11.6 Å². The minimum atomic E-state index is -0.366. The number of nitriles is 1. The van der Waals surface area contributed by atoms with Crippen molar-refractivity contribution in [3.8, 4) is 6.07 Å². The molecular formula is C21H23N3O. The highest BCUT2D eigenvalue weighted by molar-refractivity contribution is 5.97. The van der Waals surface area contributed by atoms with Crippen LogP contribution in [0, 0.1) is 11.3 Å². The Morgan fingerprint density at radius 1 is 1.12 bits per heavy atom. The zero-order valence-electron chi connectivity index (χ0n) is 14.4. The lowest BCUT2D eigenvalue weighted by molar-refractivity contribution is -0.117. The second-order valence-electron chi connectivity index (χ2n) is 5.82. The lowest BCUT2D eigenvalue weighted by Gasteiger charge is -2.13. The molecule has 2 rings (SSSR count). The molecule has 128 valence electrons. The number of aryl methyl sites for hydroxylation is 1. The number of nitrogens with one attached hydrogen (secondary N) is 2. The fourth-order valence-electron chi connectivity index (χ4n) is 2.46. The molecule has 2 aromatic rings. The van der Waals surface area contributed by atoms with Crippen molar-refractivity contribution < 1.29 is 4.79 Å². The highest BCUT2D eigenvalue weighted by Gasteiger charge is 2.13. The number of amides is 1. The maximum Gasteiger partial charge on any atom is 0.263 e. The van der Waals surface area contributed by atoms with Crippen molar-refractivity contribution in [1.82, 2.24) is 10.6 Å². The van der Waals surface area contributed by atoms with E-state index in [2.05, 4.69) is 22.8 Å². The van der Waals surface area contributed by atoms with Gasteiger partial charge in [-0.3, -0.25) is 4.79 Å². The van der Waals surface area contributed by atoms with Crippen LogP contribution in [0.25, 0.3) is 0 Å². The summed E-state index contributed by atoms with van der Waals surface area (Å²) < 4.78 is 0. The smallest absolute Gasteiger partial charge is 0.263 e. The van der Waals surface area contributed by atoms with E-state index in [-0.39, 0.29) is 17.5 Å². The summed E-state index contributed by atoms with van der Waals surface area (Å²) in [6.45, 7) is 2.61. The van der Waals surface area contributed by atoms with Crippen LogP contribution in [0.5, 0.6) is 0 Å². The molecule has 0 aliphatic carbocycles. The van der Waals surface area contributed by atoms with E-state index in [0.717, 1.165) is 18.4 Å². The molecule has 1 amide bonds. The molecular weight excluding hydrogens is 310 g/mol. The van der Waals surface area contributed by atoms with Crippen LogP contribution in [-0.4, -0.2) is 12.5 Å². The Bertz CT molecular complexity index is 733. The maximum absolute atomic E-state index is 12.2. The molecule has 0 fully saturated rings. The van der Waals surface area contributed by atoms with E-state index >= 15 is 0 Å². The fourth-order valence-corrected chi connectivity index (χ4v) is 2.46. The minimum absolute atomic E-state index is 0.0856. The Hall–Kier alpha value is -3.06. The first-order chi connectivity index (χ1) is 12.2. The quantitative estimate of drug-likeness (QED) is 0.441. The van der Waals surface area contributed by atoms with Gasteiger partial charge in [0.15, 0.2) is 0 Å². The van der Waals surface area contributed by atoms with Crippen molar-refractivity contribution in [3.05, 3.63) is 83.6 Å². The summed E-state index contributed by atoms with van der Waals surface area (Å²) in [5.74, 6) is -0.366. The molecule has 2 N–H and O–H groups in total. The van der Waals surface area contributed by atoms with Crippen LogP contribution in [-0.2, 0) is 11.2 Å². The van der Waals surface area contributed by atoms with Gasteiger partial charge in [-0.1, -0.05) is 60.7 Å². The maximum atomic E-state index is 12.2. The molecule has 0 aliphatic heterocycles. The van der Waals surface area contributed by atoms with Gasteiger partial charge in [0.05, 0.1) is 6.04 Å². The third-order valence-electron chi connectivity index (χ3n) is 3.89. The van der Waals surface area contributed by atoms with E-state index < -0.39 is 0 Å².